The molecule has 1 aromatic carbocycles. The third-order valence-corrected chi connectivity index (χ3v) is 2.54. The minimum Gasteiger partial charge on any atom is -0.342 e. The topological polar surface area (TPSA) is 52.5 Å². The standard InChI is InChI=1S/C13H13N3/c1-10-5-2-3-6-11(10)12-9-15-13(16-12)7-4-8-14/h2-3,5-6,9H,4,7H2,1H3,(H,15,16). The molecule has 2 rings (SSSR count). The predicted octanol–water partition coefficient (Wildman–Crippen LogP) is 2.84. The first-order valence-corrected chi connectivity index (χ1v) is 5.28. The fourth-order valence-corrected chi connectivity index (χ4v) is 1.68. The van der Waals surface area contributed by atoms with Gasteiger partial charge in [-0.15, -0.1) is 0 Å². The van der Waals surface area contributed by atoms with Crippen LogP contribution in [0.4, 0.5) is 0 Å². The third kappa shape index (κ3) is 2.12. The summed E-state index contributed by atoms with van der Waals surface area (Å²) in [5.74, 6) is 0.875. The molecule has 1 aromatic heterocycles. The molecule has 0 bridgehead atoms. The zero-order valence-corrected chi connectivity index (χ0v) is 9.20. The molecule has 0 aliphatic heterocycles. The normalized spacial score (nSPS) is 10.0. The Hall–Kier alpha value is -2.08. The van der Waals surface area contributed by atoms with Gasteiger partial charge in [0.05, 0.1) is 18.0 Å². The Balaban J connectivity index is 2.26. The van der Waals surface area contributed by atoms with Crippen molar-refractivity contribution < 1.29 is 0 Å². The zero-order valence-electron chi connectivity index (χ0n) is 9.20. The van der Waals surface area contributed by atoms with E-state index in [1.54, 1.807) is 0 Å². The summed E-state index contributed by atoms with van der Waals surface area (Å²) in [4.78, 5) is 7.51. The molecule has 0 fully saturated rings. The van der Waals surface area contributed by atoms with Crippen LogP contribution >= 0.6 is 0 Å². The van der Waals surface area contributed by atoms with Gasteiger partial charge in [0.2, 0.25) is 0 Å². The molecule has 0 aliphatic carbocycles. The van der Waals surface area contributed by atoms with Crippen molar-refractivity contribution in [3.63, 3.8) is 0 Å². The van der Waals surface area contributed by atoms with Gasteiger partial charge in [-0.2, -0.15) is 5.26 Å². The molecule has 16 heavy (non-hydrogen) atoms. The van der Waals surface area contributed by atoms with Crippen molar-refractivity contribution in [1.29, 1.82) is 5.26 Å². The van der Waals surface area contributed by atoms with Crippen LogP contribution in [-0.4, -0.2) is 9.97 Å². The van der Waals surface area contributed by atoms with Gasteiger partial charge >= 0.3 is 0 Å². The Bertz CT molecular complexity index is 520. The first kappa shape index (κ1) is 10.4. The van der Waals surface area contributed by atoms with Crippen LogP contribution in [-0.2, 0) is 6.42 Å². The Morgan fingerprint density at radius 2 is 2.19 bits per heavy atom. The molecule has 3 nitrogen and oxygen atoms in total. The minimum atomic E-state index is 0.501. The molecule has 1 N–H and O–H groups in total. The van der Waals surface area contributed by atoms with E-state index in [1.807, 2.05) is 18.3 Å². The van der Waals surface area contributed by atoms with Crippen molar-refractivity contribution in [3.8, 4) is 17.3 Å². The Kier molecular flexibility index (Phi) is 3.02. The molecule has 0 saturated carbocycles. The second kappa shape index (κ2) is 4.63. The van der Waals surface area contributed by atoms with E-state index in [4.69, 9.17) is 5.26 Å². The summed E-state index contributed by atoms with van der Waals surface area (Å²) in [7, 11) is 0. The maximum Gasteiger partial charge on any atom is 0.107 e. The number of nitrogens with zero attached hydrogens (tertiary/aromatic N) is 2. The molecule has 80 valence electrons. The van der Waals surface area contributed by atoms with E-state index in [0.29, 0.717) is 12.8 Å². The Morgan fingerprint density at radius 3 is 2.94 bits per heavy atom. The van der Waals surface area contributed by atoms with Crippen molar-refractivity contribution >= 4 is 0 Å². The number of nitrogens with one attached hydrogen (secondary N) is 1. The van der Waals surface area contributed by atoms with Gasteiger partial charge in [0.1, 0.15) is 5.82 Å². The largest absolute Gasteiger partial charge is 0.342 e. The van der Waals surface area contributed by atoms with E-state index in [0.717, 1.165) is 11.5 Å². The van der Waals surface area contributed by atoms with Gasteiger partial charge in [0.15, 0.2) is 0 Å². The summed E-state index contributed by atoms with van der Waals surface area (Å²) in [6.45, 7) is 2.07. The molecule has 0 aliphatic rings. The molecule has 3 heteroatoms. The first-order chi connectivity index (χ1) is 7.81. The van der Waals surface area contributed by atoms with Crippen molar-refractivity contribution in [2.75, 3.05) is 0 Å². The van der Waals surface area contributed by atoms with E-state index in [2.05, 4.69) is 35.1 Å². The summed E-state index contributed by atoms with van der Waals surface area (Å²) in [6, 6.07) is 10.3. The zero-order chi connectivity index (χ0) is 11.4. The molecular formula is C13H13N3. The number of hydrogen-bond acceptors (Lipinski definition) is 2. The lowest BCUT2D eigenvalue weighted by Crippen LogP contribution is -1.87. The molecule has 0 radical (unpaired) electrons. The van der Waals surface area contributed by atoms with Crippen LogP contribution < -0.4 is 0 Å². The van der Waals surface area contributed by atoms with Gasteiger partial charge in [-0.25, -0.2) is 4.98 Å². The van der Waals surface area contributed by atoms with E-state index in [9.17, 15) is 0 Å². The highest BCUT2D eigenvalue weighted by Crippen LogP contribution is 2.20. The molecule has 0 spiro atoms. The molecule has 0 unspecified atom stereocenters. The average Bonchev–Trinajstić information content (AvgIpc) is 2.75. The van der Waals surface area contributed by atoms with Crippen molar-refractivity contribution in [1.82, 2.24) is 9.97 Å². The summed E-state index contributed by atoms with van der Waals surface area (Å²) in [5, 5.41) is 8.50. The maximum absolute atomic E-state index is 8.50. The summed E-state index contributed by atoms with van der Waals surface area (Å²) in [6.07, 6.45) is 3.01. The molecule has 0 amide bonds. The lowest BCUT2D eigenvalue weighted by atomic mass is 10.1. The first-order valence-electron chi connectivity index (χ1n) is 5.28. The van der Waals surface area contributed by atoms with Crippen LogP contribution in [0.25, 0.3) is 11.3 Å². The van der Waals surface area contributed by atoms with E-state index < -0.39 is 0 Å². The van der Waals surface area contributed by atoms with Crippen molar-refractivity contribution in [2.45, 2.75) is 19.8 Å². The quantitative estimate of drug-likeness (QED) is 0.848. The summed E-state index contributed by atoms with van der Waals surface area (Å²) in [5.41, 5.74) is 3.40. The average molecular weight is 211 g/mol. The van der Waals surface area contributed by atoms with E-state index in [1.165, 1.54) is 11.1 Å². The lowest BCUT2D eigenvalue weighted by Gasteiger charge is -2.01. The summed E-state index contributed by atoms with van der Waals surface area (Å²) >= 11 is 0. The van der Waals surface area contributed by atoms with Gasteiger partial charge in [-0.1, -0.05) is 24.3 Å². The Labute approximate surface area is 94.8 Å². The van der Waals surface area contributed by atoms with E-state index in [-0.39, 0.29) is 0 Å². The second-order valence-corrected chi connectivity index (χ2v) is 3.72. The van der Waals surface area contributed by atoms with Gasteiger partial charge in [-0.3, -0.25) is 0 Å². The van der Waals surface area contributed by atoms with Gasteiger partial charge < -0.3 is 4.98 Å². The van der Waals surface area contributed by atoms with Crippen LogP contribution in [0.3, 0.4) is 0 Å². The number of imidazole rings is 1. The number of aryl methyl sites for hydroxylation is 2. The van der Waals surface area contributed by atoms with Crippen molar-refractivity contribution in [2.24, 2.45) is 0 Å². The highest BCUT2D eigenvalue weighted by molar-refractivity contribution is 5.62. The van der Waals surface area contributed by atoms with Crippen molar-refractivity contribution in [3.05, 3.63) is 41.9 Å². The lowest BCUT2D eigenvalue weighted by molar-refractivity contribution is 0.918. The molecule has 2 aromatic rings. The SMILES string of the molecule is Cc1ccccc1-c1cnc(CCC#N)[nH]1. The van der Waals surface area contributed by atoms with Gasteiger partial charge in [-0.05, 0) is 12.5 Å². The minimum absolute atomic E-state index is 0.501. The Morgan fingerprint density at radius 1 is 1.38 bits per heavy atom. The predicted molar refractivity (Wildman–Crippen MR) is 62.7 cm³/mol. The van der Waals surface area contributed by atoms with E-state index >= 15 is 0 Å². The number of aromatic nitrogens is 2. The molecule has 1 heterocycles. The molecule has 0 saturated heterocycles. The fraction of sp³-hybridized carbons (Fsp3) is 0.231. The number of H-pyrrole nitrogens is 1. The van der Waals surface area contributed by atoms with Crippen LogP contribution in [0.5, 0.6) is 0 Å². The number of nitriles is 1. The van der Waals surface area contributed by atoms with Crippen LogP contribution in [0.2, 0.25) is 0 Å². The number of aromatic amines is 1. The highest BCUT2D eigenvalue weighted by Gasteiger charge is 2.04. The number of benzene rings is 1. The summed E-state index contributed by atoms with van der Waals surface area (Å²) < 4.78 is 0. The van der Waals surface area contributed by atoms with Gasteiger partial charge in [0, 0.05) is 18.4 Å². The molecule has 0 atom stereocenters. The molecular weight excluding hydrogens is 198 g/mol. The fourth-order valence-electron chi connectivity index (χ4n) is 1.68. The number of hydrogen-bond donors (Lipinski definition) is 1. The highest BCUT2D eigenvalue weighted by atomic mass is 14.9. The smallest absolute Gasteiger partial charge is 0.107 e. The maximum atomic E-state index is 8.50. The van der Waals surface area contributed by atoms with Crippen LogP contribution in [0.15, 0.2) is 30.5 Å². The van der Waals surface area contributed by atoms with Gasteiger partial charge in [0.25, 0.3) is 0 Å². The third-order valence-electron chi connectivity index (χ3n) is 2.54. The monoisotopic (exact) mass is 211 g/mol. The second-order valence-electron chi connectivity index (χ2n) is 3.72. The van der Waals surface area contributed by atoms with Crippen LogP contribution in [0.1, 0.15) is 17.8 Å². The number of rotatable bonds is 3. The van der Waals surface area contributed by atoms with Crippen LogP contribution in [0, 0.1) is 18.3 Å².